The van der Waals surface area contributed by atoms with E-state index in [1.807, 2.05) is 6.07 Å². The van der Waals surface area contributed by atoms with Crippen LogP contribution in [0.4, 0.5) is 0 Å². The zero-order valence-electron chi connectivity index (χ0n) is 10.1. The lowest BCUT2D eigenvalue weighted by molar-refractivity contribution is 0.702. The zero-order chi connectivity index (χ0) is 14.3. The van der Waals surface area contributed by atoms with Gasteiger partial charge in [0.25, 0.3) is 5.56 Å². The normalized spacial score (nSPS) is 11.1. The monoisotopic (exact) mass is 309 g/mol. The largest absolute Gasteiger partial charge is 0.335 e. The second-order valence-corrected chi connectivity index (χ2v) is 5.08. The highest BCUT2D eigenvalue weighted by molar-refractivity contribution is 6.35. The van der Waals surface area contributed by atoms with Gasteiger partial charge in [-0.15, -0.1) is 0 Å². The molecule has 0 aliphatic heterocycles. The fourth-order valence-electron chi connectivity index (χ4n) is 1.90. The molecule has 0 amide bonds. The van der Waals surface area contributed by atoms with Gasteiger partial charge in [0.15, 0.2) is 5.65 Å². The van der Waals surface area contributed by atoms with Crippen molar-refractivity contribution in [1.82, 2.24) is 19.4 Å². The van der Waals surface area contributed by atoms with Gasteiger partial charge in [-0.1, -0.05) is 29.3 Å². The summed E-state index contributed by atoms with van der Waals surface area (Å²) in [4.78, 5) is 15.9. The first-order valence-electron chi connectivity index (χ1n) is 5.68. The molecule has 1 aromatic carbocycles. The third kappa shape index (κ3) is 2.13. The first-order valence-corrected chi connectivity index (χ1v) is 6.44. The highest BCUT2D eigenvalue weighted by Gasteiger charge is 2.10. The molecule has 0 spiro atoms. The zero-order valence-corrected chi connectivity index (χ0v) is 11.6. The molecule has 3 rings (SSSR count). The van der Waals surface area contributed by atoms with Gasteiger partial charge in [0, 0.05) is 10.0 Å². The Morgan fingerprint density at radius 3 is 2.85 bits per heavy atom. The van der Waals surface area contributed by atoms with Crippen LogP contribution in [0.1, 0.15) is 5.56 Å². The summed E-state index contributed by atoms with van der Waals surface area (Å²) >= 11 is 12.0. The minimum absolute atomic E-state index is 0.344. The van der Waals surface area contributed by atoms with Gasteiger partial charge in [0.1, 0.15) is 11.7 Å². The number of benzene rings is 1. The summed E-state index contributed by atoms with van der Waals surface area (Å²) in [6, 6.07) is 5.21. The fraction of sp³-hybridized carbons (Fsp3) is 0.0833. The Hall–Kier alpha value is -2.05. The van der Waals surface area contributed by atoms with Crippen LogP contribution in [-0.2, 0) is 6.54 Å². The number of aromatic nitrogens is 4. The van der Waals surface area contributed by atoms with Gasteiger partial charge in [-0.05, 0) is 17.7 Å². The van der Waals surface area contributed by atoms with Crippen molar-refractivity contribution < 1.29 is 0 Å². The maximum atomic E-state index is 11.8. The molecule has 0 unspecified atom stereocenters. The molecule has 0 aliphatic carbocycles. The third-order valence-electron chi connectivity index (χ3n) is 2.92. The van der Waals surface area contributed by atoms with Crippen molar-refractivity contribution in [1.29, 1.82) is 0 Å². The van der Waals surface area contributed by atoms with Crippen molar-refractivity contribution in [3.8, 4) is 0 Å². The van der Waals surface area contributed by atoms with E-state index in [0.29, 0.717) is 27.6 Å². The Balaban J connectivity index is 2.07. The highest BCUT2D eigenvalue weighted by atomic mass is 35.5. The lowest BCUT2D eigenvalue weighted by Crippen LogP contribution is -2.27. The van der Waals surface area contributed by atoms with E-state index in [1.165, 1.54) is 12.5 Å². The molecule has 0 saturated heterocycles. The van der Waals surface area contributed by atoms with E-state index in [-0.39, 0.29) is 5.56 Å². The molecular formula is C12H9Cl2N5O. The topological polar surface area (TPSA) is 78.7 Å². The molecule has 2 heterocycles. The summed E-state index contributed by atoms with van der Waals surface area (Å²) in [5.41, 5.74) is 0.950. The van der Waals surface area contributed by atoms with Gasteiger partial charge in [0.2, 0.25) is 0 Å². The van der Waals surface area contributed by atoms with Crippen molar-refractivity contribution in [2.75, 3.05) is 5.84 Å². The Kier molecular flexibility index (Phi) is 3.11. The van der Waals surface area contributed by atoms with Crippen molar-refractivity contribution in [3.63, 3.8) is 0 Å². The second-order valence-electron chi connectivity index (χ2n) is 4.23. The first kappa shape index (κ1) is 13.0. The average molecular weight is 310 g/mol. The van der Waals surface area contributed by atoms with Gasteiger partial charge in [-0.3, -0.25) is 4.79 Å². The predicted molar refractivity (Wildman–Crippen MR) is 77.5 cm³/mol. The third-order valence-corrected chi connectivity index (χ3v) is 3.50. The Morgan fingerprint density at radius 2 is 2.10 bits per heavy atom. The van der Waals surface area contributed by atoms with Crippen LogP contribution in [0.25, 0.3) is 11.0 Å². The van der Waals surface area contributed by atoms with Crippen LogP contribution >= 0.6 is 23.2 Å². The minimum atomic E-state index is -0.344. The van der Waals surface area contributed by atoms with Crippen molar-refractivity contribution in [2.45, 2.75) is 6.54 Å². The van der Waals surface area contributed by atoms with Crippen molar-refractivity contribution in [3.05, 3.63) is 56.7 Å². The van der Waals surface area contributed by atoms with E-state index in [2.05, 4.69) is 10.1 Å². The number of halogens is 2. The van der Waals surface area contributed by atoms with E-state index in [4.69, 9.17) is 29.0 Å². The maximum absolute atomic E-state index is 11.8. The molecule has 3 aromatic rings. The number of hydrogen-bond donors (Lipinski definition) is 1. The molecule has 8 heteroatoms. The quantitative estimate of drug-likeness (QED) is 0.730. The Bertz CT molecular complexity index is 855. The second kappa shape index (κ2) is 4.81. The summed E-state index contributed by atoms with van der Waals surface area (Å²) in [6.07, 6.45) is 2.70. The van der Waals surface area contributed by atoms with Gasteiger partial charge in [0.05, 0.1) is 12.7 Å². The fourth-order valence-corrected chi connectivity index (χ4v) is 2.37. The lowest BCUT2D eigenvalue weighted by Gasteiger charge is -2.06. The number of hydrogen-bond acceptors (Lipinski definition) is 4. The van der Waals surface area contributed by atoms with Gasteiger partial charge in [-0.25, -0.2) is 14.3 Å². The molecule has 102 valence electrons. The molecule has 0 atom stereocenters. The van der Waals surface area contributed by atoms with E-state index in [0.717, 1.165) is 10.2 Å². The van der Waals surface area contributed by atoms with E-state index < -0.39 is 0 Å². The van der Waals surface area contributed by atoms with Crippen LogP contribution in [0.2, 0.25) is 10.0 Å². The molecule has 6 nitrogen and oxygen atoms in total. The summed E-state index contributed by atoms with van der Waals surface area (Å²) in [6.45, 7) is 0.389. The Morgan fingerprint density at radius 1 is 1.30 bits per heavy atom. The number of nitrogens with zero attached hydrogens (tertiary/aromatic N) is 4. The number of fused-ring (bicyclic) bond motifs is 1. The molecule has 0 saturated carbocycles. The van der Waals surface area contributed by atoms with E-state index >= 15 is 0 Å². The van der Waals surface area contributed by atoms with Crippen molar-refractivity contribution in [2.24, 2.45) is 0 Å². The molecular weight excluding hydrogens is 301 g/mol. The van der Waals surface area contributed by atoms with Gasteiger partial charge >= 0.3 is 0 Å². The lowest BCUT2D eigenvalue weighted by atomic mass is 10.2. The number of rotatable bonds is 2. The molecule has 0 fully saturated rings. The van der Waals surface area contributed by atoms with Crippen molar-refractivity contribution >= 4 is 34.2 Å². The van der Waals surface area contributed by atoms with Gasteiger partial charge in [-0.2, -0.15) is 5.10 Å². The number of nitrogen functional groups attached to an aromatic ring is 1. The SMILES string of the molecule is Nn1cnc2c(cnn2Cc2ccc(Cl)cc2Cl)c1=O. The summed E-state index contributed by atoms with van der Waals surface area (Å²) in [5.74, 6) is 5.46. The van der Waals surface area contributed by atoms with Crippen LogP contribution in [0, 0.1) is 0 Å². The standard InChI is InChI=1S/C12H9Cl2N5O/c13-8-2-1-7(10(14)3-8)5-19-11-9(4-17-19)12(20)18(15)6-16-11/h1-4,6H,5,15H2. The summed E-state index contributed by atoms with van der Waals surface area (Å²) in [5, 5.41) is 5.61. The van der Waals surface area contributed by atoms with Crippen LogP contribution in [-0.4, -0.2) is 19.4 Å². The van der Waals surface area contributed by atoms with Crippen LogP contribution in [0.5, 0.6) is 0 Å². The number of nitrogens with two attached hydrogens (primary N) is 1. The summed E-state index contributed by atoms with van der Waals surface area (Å²) < 4.78 is 2.51. The highest BCUT2D eigenvalue weighted by Crippen LogP contribution is 2.22. The molecule has 2 N–H and O–H groups in total. The molecule has 0 bridgehead atoms. The van der Waals surface area contributed by atoms with Crippen LogP contribution in [0.15, 0.2) is 35.5 Å². The first-order chi connectivity index (χ1) is 9.56. The van der Waals surface area contributed by atoms with E-state index in [1.54, 1.807) is 16.8 Å². The van der Waals surface area contributed by atoms with Gasteiger partial charge < -0.3 is 5.84 Å². The predicted octanol–water partition coefficient (Wildman–Crippen LogP) is 1.66. The molecule has 0 aliphatic rings. The van der Waals surface area contributed by atoms with Crippen LogP contribution in [0.3, 0.4) is 0 Å². The Labute approximate surface area is 123 Å². The molecule has 0 radical (unpaired) electrons. The molecule has 20 heavy (non-hydrogen) atoms. The molecule has 2 aromatic heterocycles. The minimum Gasteiger partial charge on any atom is -0.335 e. The maximum Gasteiger partial charge on any atom is 0.282 e. The summed E-state index contributed by atoms with van der Waals surface area (Å²) in [7, 11) is 0. The average Bonchev–Trinajstić information content (AvgIpc) is 2.81. The smallest absolute Gasteiger partial charge is 0.282 e. The van der Waals surface area contributed by atoms with Crippen LogP contribution < -0.4 is 11.4 Å². The van der Waals surface area contributed by atoms with E-state index in [9.17, 15) is 4.79 Å².